The fourth-order valence-corrected chi connectivity index (χ4v) is 1.29. The fourth-order valence-electron chi connectivity index (χ4n) is 1.01. The van der Waals surface area contributed by atoms with Gasteiger partial charge < -0.3 is 4.74 Å². The lowest BCUT2D eigenvalue weighted by atomic mass is 10.3. The van der Waals surface area contributed by atoms with E-state index in [1.807, 2.05) is 22.6 Å². The number of halogens is 3. The van der Waals surface area contributed by atoms with Crippen LogP contribution < -0.4 is 4.74 Å². The molecule has 0 saturated carbocycles. The van der Waals surface area contributed by atoms with Crippen molar-refractivity contribution in [1.82, 2.24) is 9.97 Å². The largest absolute Gasteiger partial charge is 0.421 e. The zero-order valence-electron chi connectivity index (χ0n) is 7.82. The van der Waals surface area contributed by atoms with E-state index in [4.69, 9.17) is 4.74 Å². The van der Waals surface area contributed by atoms with E-state index >= 15 is 0 Å². The normalized spacial score (nSPS) is 10.2. The highest BCUT2D eigenvalue weighted by atomic mass is 127. The Morgan fingerprint density at radius 1 is 1.12 bits per heavy atom. The Kier molecular flexibility index (Phi) is 3.28. The summed E-state index contributed by atoms with van der Waals surface area (Å²) >= 11 is 2.02. The first-order chi connectivity index (χ1) is 7.65. The number of rotatable bonds is 2. The van der Waals surface area contributed by atoms with Crippen LogP contribution in [0.4, 0.5) is 8.78 Å². The number of aromatic nitrogens is 2. The summed E-state index contributed by atoms with van der Waals surface area (Å²) < 4.78 is 31.8. The molecule has 0 aliphatic rings. The number of benzene rings is 1. The van der Waals surface area contributed by atoms with Gasteiger partial charge in [0.05, 0.1) is 0 Å². The van der Waals surface area contributed by atoms with Gasteiger partial charge in [-0.05, 0) is 34.7 Å². The molecule has 0 bridgehead atoms. The molecule has 3 nitrogen and oxygen atoms in total. The molecule has 0 atom stereocenters. The Bertz CT molecular complexity index is 505. The maximum Gasteiger partial charge on any atom is 0.322 e. The molecule has 0 N–H and O–H groups in total. The van der Waals surface area contributed by atoms with E-state index in [0.717, 1.165) is 21.8 Å². The van der Waals surface area contributed by atoms with Crippen molar-refractivity contribution in [3.05, 3.63) is 45.8 Å². The Balaban J connectivity index is 2.26. The van der Waals surface area contributed by atoms with Crippen LogP contribution in [0.1, 0.15) is 0 Å². The summed E-state index contributed by atoms with van der Waals surface area (Å²) in [5, 5.41) is 0. The number of ether oxygens (including phenoxy) is 1. The average molecular weight is 334 g/mol. The van der Waals surface area contributed by atoms with E-state index in [0.29, 0.717) is 0 Å². The van der Waals surface area contributed by atoms with Gasteiger partial charge in [0.2, 0.25) is 0 Å². The van der Waals surface area contributed by atoms with Crippen LogP contribution in [-0.4, -0.2) is 9.97 Å². The van der Waals surface area contributed by atoms with E-state index in [9.17, 15) is 8.78 Å². The smallest absolute Gasteiger partial charge is 0.322 e. The maximum absolute atomic E-state index is 13.2. The predicted octanol–water partition coefficient (Wildman–Crippen LogP) is 3.15. The second kappa shape index (κ2) is 4.69. The Morgan fingerprint density at radius 2 is 1.81 bits per heavy atom. The Hall–Kier alpha value is -1.31. The third-order valence-corrected chi connectivity index (χ3v) is 2.25. The van der Waals surface area contributed by atoms with Crippen molar-refractivity contribution in [1.29, 1.82) is 0 Å². The van der Waals surface area contributed by atoms with E-state index < -0.39 is 11.6 Å². The molecule has 82 valence electrons. The van der Waals surface area contributed by atoms with Gasteiger partial charge in [0.15, 0.2) is 11.6 Å². The van der Waals surface area contributed by atoms with Crippen LogP contribution in [0, 0.1) is 15.2 Å². The van der Waals surface area contributed by atoms with Crippen molar-refractivity contribution in [3.63, 3.8) is 0 Å². The van der Waals surface area contributed by atoms with Crippen molar-refractivity contribution in [3.8, 4) is 11.8 Å². The number of hydrogen-bond acceptors (Lipinski definition) is 3. The Labute approximate surface area is 104 Å². The topological polar surface area (TPSA) is 35.0 Å². The van der Waals surface area contributed by atoms with Gasteiger partial charge in [0, 0.05) is 22.0 Å². The average Bonchev–Trinajstić information content (AvgIpc) is 2.27. The monoisotopic (exact) mass is 334 g/mol. The molecule has 0 aliphatic carbocycles. The van der Waals surface area contributed by atoms with E-state index in [1.165, 1.54) is 12.4 Å². The third kappa shape index (κ3) is 2.63. The molecule has 0 radical (unpaired) electrons. The lowest BCUT2D eigenvalue weighted by Gasteiger charge is -2.04. The fraction of sp³-hybridized carbons (Fsp3) is 0. The molecule has 2 aromatic rings. The molecule has 1 aromatic carbocycles. The molecule has 0 unspecified atom stereocenters. The van der Waals surface area contributed by atoms with Gasteiger partial charge in [-0.1, -0.05) is 0 Å². The minimum atomic E-state index is -0.663. The molecular weight excluding hydrogens is 329 g/mol. The van der Waals surface area contributed by atoms with E-state index in [2.05, 4.69) is 9.97 Å². The van der Waals surface area contributed by atoms with Crippen molar-refractivity contribution < 1.29 is 13.5 Å². The Morgan fingerprint density at radius 3 is 2.50 bits per heavy atom. The predicted molar refractivity (Wildman–Crippen MR) is 61.2 cm³/mol. The van der Waals surface area contributed by atoms with Gasteiger partial charge in [-0.2, -0.15) is 0 Å². The van der Waals surface area contributed by atoms with Gasteiger partial charge >= 0.3 is 6.01 Å². The maximum atomic E-state index is 13.2. The summed E-state index contributed by atoms with van der Waals surface area (Å²) in [4.78, 5) is 7.63. The second-order valence-electron chi connectivity index (χ2n) is 2.86. The summed E-state index contributed by atoms with van der Waals surface area (Å²) in [5.41, 5.74) is 0. The zero-order chi connectivity index (χ0) is 11.5. The minimum absolute atomic E-state index is 0.0232. The van der Waals surface area contributed by atoms with Gasteiger partial charge in [-0.15, -0.1) is 0 Å². The van der Waals surface area contributed by atoms with Crippen molar-refractivity contribution in [2.75, 3.05) is 0 Å². The SMILES string of the molecule is Fc1ccc(F)c(Oc2ncc(I)cn2)c1. The minimum Gasteiger partial charge on any atom is -0.421 e. The van der Waals surface area contributed by atoms with E-state index in [-0.39, 0.29) is 11.8 Å². The lowest BCUT2D eigenvalue weighted by Crippen LogP contribution is -1.94. The van der Waals surface area contributed by atoms with Gasteiger partial charge in [0.25, 0.3) is 0 Å². The second-order valence-corrected chi connectivity index (χ2v) is 4.11. The molecule has 0 fully saturated rings. The quantitative estimate of drug-likeness (QED) is 0.792. The lowest BCUT2D eigenvalue weighted by molar-refractivity contribution is 0.406. The van der Waals surface area contributed by atoms with Gasteiger partial charge in [-0.25, -0.2) is 18.7 Å². The zero-order valence-corrected chi connectivity index (χ0v) is 9.98. The van der Waals surface area contributed by atoms with Crippen LogP contribution in [0.5, 0.6) is 11.8 Å². The summed E-state index contributed by atoms with van der Waals surface area (Å²) in [6.45, 7) is 0. The van der Waals surface area contributed by atoms with Crippen LogP contribution in [0.15, 0.2) is 30.6 Å². The molecule has 1 aromatic heterocycles. The molecule has 16 heavy (non-hydrogen) atoms. The first-order valence-electron chi connectivity index (χ1n) is 4.25. The van der Waals surface area contributed by atoms with Crippen LogP contribution >= 0.6 is 22.6 Å². The third-order valence-electron chi connectivity index (χ3n) is 1.69. The van der Waals surface area contributed by atoms with Crippen molar-refractivity contribution in [2.24, 2.45) is 0 Å². The molecular formula is C10H5F2IN2O. The molecule has 0 amide bonds. The highest BCUT2D eigenvalue weighted by molar-refractivity contribution is 14.1. The first-order valence-corrected chi connectivity index (χ1v) is 5.33. The number of hydrogen-bond donors (Lipinski definition) is 0. The first kappa shape index (κ1) is 11.2. The summed E-state index contributed by atoms with van der Waals surface area (Å²) in [6.07, 6.45) is 3.03. The molecule has 2 rings (SSSR count). The van der Waals surface area contributed by atoms with Crippen molar-refractivity contribution in [2.45, 2.75) is 0 Å². The van der Waals surface area contributed by atoms with Crippen LogP contribution in [0.25, 0.3) is 0 Å². The highest BCUT2D eigenvalue weighted by Crippen LogP contribution is 2.22. The van der Waals surface area contributed by atoms with Crippen molar-refractivity contribution >= 4 is 22.6 Å². The molecule has 0 aliphatic heterocycles. The van der Waals surface area contributed by atoms with Gasteiger partial charge in [-0.3, -0.25) is 0 Å². The molecule has 0 spiro atoms. The van der Waals surface area contributed by atoms with Gasteiger partial charge in [0.1, 0.15) is 5.82 Å². The standard InChI is InChI=1S/C10H5F2IN2O/c11-6-1-2-8(12)9(3-6)16-10-14-4-7(13)5-15-10/h1-5H. The molecule has 6 heteroatoms. The molecule has 0 saturated heterocycles. The summed E-state index contributed by atoms with van der Waals surface area (Å²) in [5.74, 6) is -1.48. The van der Waals surface area contributed by atoms with E-state index in [1.54, 1.807) is 0 Å². The number of nitrogens with zero attached hydrogens (tertiary/aromatic N) is 2. The van der Waals surface area contributed by atoms with Crippen LogP contribution in [0.3, 0.4) is 0 Å². The van der Waals surface area contributed by atoms with Crippen LogP contribution in [-0.2, 0) is 0 Å². The van der Waals surface area contributed by atoms with Crippen LogP contribution in [0.2, 0.25) is 0 Å². The highest BCUT2D eigenvalue weighted by Gasteiger charge is 2.07. The summed E-state index contributed by atoms with van der Waals surface area (Å²) in [7, 11) is 0. The summed E-state index contributed by atoms with van der Waals surface area (Å²) in [6, 6.07) is 2.91. The molecule has 1 heterocycles.